The number of benzene rings is 1. The number of H-pyrrole nitrogens is 1. The van der Waals surface area contributed by atoms with Crippen molar-refractivity contribution in [1.82, 2.24) is 20.0 Å². The highest BCUT2D eigenvalue weighted by molar-refractivity contribution is 6.08. The predicted molar refractivity (Wildman–Crippen MR) is 65.6 cm³/mol. The van der Waals surface area contributed by atoms with Crippen LogP contribution in [0.15, 0.2) is 55.1 Å². The maximum absolute atomic E-state index is 12.0. The van der Waals surface area contributed by atoms with Crippen LogP contribution in [0.1, 0.15) is 15.9 Å². The molecule has 0 spiro atoms. The average molecular weight is 238 g/mol. The minimum atomic E-state index is -0.0917. The number of para-hydroxylation sites is 1. The molecule has 0 fully saturated rings. The highest BCUT2D eigenvalue weighted by atomic mass is 16.1. The molecule has 0 aliphatic heterocycles. The van der Waals surface area contributed by atoms with Gasteiger partial charge in [0.1, 0.15) is 0 Å². The topological polar surface area (TPSA) is 63.6 Å². The van der Waals surface area contributed by atoms with Gasteiger partial charge in [-0.1, -0.05) is 18.2 Å². The van der Waals surface area contributed by atoms with Gasteiger partial charge in [0.05, 0.1) is 29.2 Å². The van der Waals surface area contributed by atoms with E-state index in [1.807, 2.05) is 30.3 Å². The molecule has 18 heavy (non-hydrogen) atoms. The fourth-order valence-electron chi connectivity index (χ4n) is 1.70. The summed E-state index contributed by atoms with van der Waals surface area (Å²) in [6, 6.07) is 9.64. The molecule has 0 radical (unpaired) electrons. The number of aromatic nitrogens is 4. The number of nitrogens with zero attached hydrogens (tertiary/aromatic N) is 3. The maximum atomic E-state index is 12.0. The van der Waals surface area contributed by atoms with Gasteiger partial charge in [0.15, 0.2) is 5.78 Å². The largest absolute Gasteiger partial charge is 0.288 e. The van der Waals surface area contributed by atoms with E-state index < -0.39 is 0 Å². The monoisotopic (exact) mass is 238 g/mol. The molecule has 3 aromatic rings. The smallest absolute Gasteiger partial charge is 0.199 e. The Morgan fingerprint density at radius 2 is 1.94 bits per heavy atom. The van der Waals surface area contributed by atoms with E-state index in [4.69, 9.17) is 0 Å². The second-order valence-corrected chi connectivity index (χ2v) is 3.83. The predicted octanol–water partition coefficient (Wildman–Crippen LogP) is 1.83. The van der Waals surface area contributed by atoms with Crippen LogP contribution in [0.4, 0.5) is 0 Å². The first-order valence-electron chi connectivity index (χ1n) is 5.48. The highest BCUT2D eigenvalue weighted by Gasteiger charge is 2.12. The number of aromatic amines is 1. The second-order valence-electron chi connectivity index (χ2n) is 3.83. The first-order valence-corrected chi connectivity index (χ1v) is 5.48. The Labute approximate surface area is 103 Å². The molecule has 0 aliphatic carbocycles. The van der Waals surface area contributed by atoms with Crippen LogP contribution in [0.5, 0.6) is 0 Å². The summed E-state index contributed by atoms with van der Waals surface area (Å²) in [5.41, 5.74) is 1.99. The molecule has 0 bridgehead atoms. The van der Waals surface area contributed by atoms with Crippen molar-refractivity contribution in [2.45, 2.75) is 0 Å². The molecule has 1 aromatic carbocycles. The highest BCUT2D eigenvalue weighted by Crippen LogP contribution is 2.11. The Hall–Kier alpha value is -2.69. The van der Waals surface area contributed by atoms with Crippen molar-refractivity contribution < 1.29 is 4.79 Å². The SMILES string of the molecule is O=C(c1cn[nH]c1)c1cnn(-c2ccccc2)c1. The zero-order valence-corrected chi connectivity index (χ0v) is 9.45. The van der Waals surface area contributed by atoms with Crippen LogP contribution in [0.25, 0.3) is 5.69 Å². The van der Waals surface area contributed by atoms with Gasteiger partial charge in [0.25, 0.3) is 0 Å². The lowest BCUT2D eigenvalue weighted by Crippen LogP contribution is -1.98. The first-order chi connectivity index (χ1) is 8.84. The Morgan fingerprint density at radius 3 is 2.67 bits per heavy atom. The minimum absolute atomic E-state index is 0.0917. The molecule has 5 nitrogen and oxygen atoms in total. The van der Waals surface area contributed by atoms with Crippen molar-refractivity contribution in [3.63, 3.8) is 0 Å². The van der Waals surface area contributed by atoms with Crippen molar-refractivity contribution in [3.05, 3.63) is 66.2 Å². The number of ketones is 1. The van der Waals surface area contributed by atoms with Crippen LogP contribution in [-0.4, -0.2) is 25.8 Å². The van der Waals surface area contributed by atoms with E-state index in [9.17, 15) is 4.79 Å². The zero-order valence-electron chi connectivity index (χ0n) is 9.45. The molecule has 0 atom stereocenters. The molecular weight excluding hydrogens is 228 g/mol. The molecule has 5 heteroatoms. The third-order valence-electron chi connectivity index (χ3n) is 2.63. The van der Waals surface area contributed by atoms with Crippen LogP contribution in [0.3, 0.4) is 0 Å². The quantitative estimate of drug-likeness (QED) is 0.708. The molecule has 0 saturated heterocycles. The van der Waals surface area contributed by atoms with Gasteiger partial charge in [0, 0.05) is 12.4 Å². The fourth-order valence-corrected chi connectivity index (χ4v) is 1.70. The van der Waals surface area contributed by atoms with Crippen molar-refractivity contribution in [2.24, 2.45) is 0 Å². The Morgan fingerprint density at radius 1 is 1.11 bits per heavy atom. The lowest BCUT2D eigenvalue weighted by atomic mass is 10.1. The van der Waals surface area contributed by atoms with Gasteiger partial charge >= 0.3 is 0 Å². The molecule has 0 saturated carbocycles. The summed E-state index contributed by atoms with van der Waals surface area (Å²) < 4.78 is 1.67. The standard InChI is InChI=1S/C13H10N4O/c18-13(10-6-14-15-7-10)11-8-16-17(9-11)12-4-2-1-3-5-12/h1-9H,(H,14,15). The number of carbonyl (C=O) groups excluding carboxylic acids is 1. The normalized spacial score (nSPS) is 10.4. The molecule has 2 heterocycles. The second kappa shape index (κ2) is 4.29. The molecule has 1 N–H and O–H groups in total. The number of hydrogen-bond acceptors (Lipinski definition) is 3. The number of rotatable bonds is 3. The van der Waals surface area contributed by atoms with Gasteiger partial charge in [-0.15, -0.1) is 0 Å². The fraction of sp³-hybridized carbons (Fsp3) is 0. The van der Waals surface area contributed by atoms with Crippen molar-refractivity contribution >= 4 is 5.78 Å². The number of nitrogens with one attached hydrogen (secondary N) is 1. The van der Waals surface area contributed by atoms with E-state index in [1.165, 1.54) is 6.20 Å². The lowest BCUT2D eigenvalue weighted by molar-refractivity contribution is 0.103. The summed E-state index contributed by atoms with van der Waals surface area (Å²) in [5, 5.41) is 10.6. The van der Waals surface area contributed by atoms with E-state index in [1.54, 1.807) is 23.3 Å². The van der Waals surface area contributed by atoms with E-state index in [0.29, 0.717) is 11.1 Å². The molecule has 3 rings (SSSR count). The Bertz CT molecular complexity index is 655. The van der Waals surface area contributed by atoms with Crippen LogP contribution in [0, 0.1) is 0 Å². The van der Waals surface area contributed by atoms with Crippen LogP contribution < -0.4 is 0 Å². The number of hydrogen-bond donors (Lipinski definition) is 1. The van der Waals surface area contributed by atoms with Gasteiger partial charge < -0.3 is 0 Å². The first kappa shape index (κ1) is 10.5. The molecular formula is C13H10N4O. The van der Waals surface area contributed by atoms with Gasteiger partial charge in [-0.25, -0.2) is 4.68 Å². The summed E-state index contributed by atoms with van der Waals surface area (Å²) in [6.07, 6.45) is 6.34. The number of carbonyl (C=O) groups is 1. The summed E-state index contributed by atoms with van der Waals surface area (Å²) >= 11 is 0. The zero-order chi connectivity index (χ0) is 12.4. The summed E-state index contributed by atoms with van der Waals surface area (Å²) in [5.74, 6) is -0.0917. The van der Waals surface area contributed by atoms with E-state index in [2.05, 4.69) is 15.3 Å². The third kappa shape index (κ3) is 1.82. The van der Waals surface area contributed by atoms with Crippen LogP contribution >= 0.6 is 0 Å². The van der Waals surface area contributed by atoms with Crippen molar-refractivity contribution in [1.29, 1.82) is 0 Å². The Kier molecular flexibility index (Phi) is 2.49. The van der Waals surface area contributed by atoms with E-state index >= 15 is 0 Å². The summed E-state index contributed by atoms with van der Waals surface area (Å²) in [4.78, 5) is 12.0. The summed E-state index contributed by atoms with van der Waals surface area (Å²) in [6.45, 7) is 0. The third-order valence-corrected chi connectivity index (χ3v) is 2.63. The van der Waals surface area contributed by atoms with Crippen molar-refractivity contribution in [3.8, 4) is 5.69 Å². The molecule has 88 valence electrons. The van der Waals surface area contributed by atoms with Gasteiger partial charge in [-0.2, -0.15) is 10.2 Å². The van der Waals surface area contributed by atoms with Gasteiger partial charge in [0.2, 0.25) is 0 Å². The minimum Gasteiger partial charge on any atom is -0.288 e. The van der Waals surface area contributed by atoms with E-state index in [0.717, 1.165) is 5.69 Å². The van der Waals surface area contributed by atoms with Gasteiger partial charge in [-0.05, 0) is 12.1 Å². The average Bonchev–Trinajstić information content (AvgIpc) is 3.10. The Balaban J connectivity index is 1.93. The molecule has 0 unspecified atom stereocenters. The van der Waals surface area contributed by atoms with Gasteiger partial charge in [-0.3, -0.25) is 9.89 Å². The molecule has 0 amide bonds. The van der Waals surface area contributed by atoms with Crippen molar-refractivity contribution in [2.75, 3.05) is 0 Å². The maximum Gasteiger partial charge on any atom is 0.199 e. The lowest BCUT2D eigenvalue weighted by Gasteiger charge is -1.98. The summed E-state index contributed by atoms with van der Waals surface area (Å²) in [7, 11) is 0. The molecule has 2 aromatic heterocycles. The molecule has 0 aliphatic rings. The van der Waals surface area contributed by atoms with Crippen LogP contribution in [0.2, 0.25) is 0 Å². The van der Waals surface area contributed by atoms with Crippen LogP contribution in [-0.2, 0) is 0 Å². The van der Waals surface area contributed by atoms with E-state index in [-0.39, 0.29) is 5.78 Å².